The van der Waals surface area contributed by atoms with Crippen LogP contribution in [-0.4, -0.2) is 39.6 Å². The van der Waals surface area contributed by atoms with E-state index in [9.17, 15) is 14.4 Å². The summed E-state index contributed by atoms with van der Waals surface area (Å²) < 4.78 is 0. The van der Waals surface area contributed by atoms with Crippen LogP contribution < -0.4 is 21.7 Å². The Morgan fingerprint density at radius 2 is 1.91 bits per heavy atom. The number of carbonyl (C=O) groups is 3. The lowest BCUT2D eigenvalue weighted by Gasteiger charge is -2.09. The molecule has 1 aromatic heterocycles. The van der Waals surface area contributed by atoms with Crippen molar-refractivity contribution in [3.05, 3.63) is 36.4 Å². The van der Waals surface area contributed by atoms with Gasteiger partial charge < -0.3 is 21.7 Å². The van der Waals surface area contributed by atoms with Gasteiger partial charge in [-0.15, -0.1) is 0 Å². The average molecular weight is 317 g/mol. The van der Waals surface area contributed by atoms with Crippen molar-refractivity contribution in [1.82, 2.24) is 20.5 Å². The number of H-pyrrole nitrogens is 1. The molecule has 0 atom stereocenters. The van der Waals surface area contributed by atoms with Crippen molar-refractivity contribution in [2.75, 3.05) is 17.2 Å². The van der Waals surface area contributed by atoms with Crippen LogP contribution in [0.3, 0.4) is 0 Å². The number of rotatable bonds is 6. The van der Waals surface area contributed by atoms with E-state index < -0.39 is 17.8 Å². The third kappa shape index (κ3) is 5.12. The number of urea groups is 1. The Hall–Kier alpha value is -3.43. The zero-order chi connectivity index (χ0) is 16.7. The highest BCUT2D eigenvalue weighted by atomic mass is 16.2. The molecule has 0 fully saturated rings. The monoisotopic (exact) mass is 317 g/mol. The van der Waals surface area contributed by atoms with E-state index in [-0.39, 0.29) is 18.8 Å². The number of anilines is 2. The highest BCUT2D eigenvalue weighted by Crippen LogP contribution is 2.15. The number of carbonyl (C=O) groups excluding carboxylic acids is 3. The lowest BCUT2D eigenvalue weighted by molar-refractivity contribution is -0.117. The first-order valence-corrected chi connectivity index (χ1v) is 6.64. The number of nitrogens with two attached hydrogens (primary N) is 1. The fraction of sp³-hybridized carbons (Fsp3) is 0.154. The average Bonchev–Trinajstić information content (AvgIpc) is 3.01. The van der Waals surface area contributed by atoms with E-state index in [2.05, 4.69) is 31.1 Å². The second-order valence-electron chi connectivity index (χ2n) is 4.47. The minimum Gasteiger partial charge on any atom is -0.370 e. The smallest absolute Gasteiger partial charge is 0.319 e. The van der Waals surface area contributed by atoms with Gasteiger partial charge in [0, 0.05) is 24.3 Å². The van der Waals surface area contributed by atoms with Gasteiger partial charge in [0.25, 0.3) is 5.91 Å². The first-order chi connectivity index (χ1) is 11.0. The lowest BCUT2D eigenvalue weighted by atomic mass is 10.2. The Balaban J connectivity index is 1.90. The molecule has 1 heterocycles. The maximum Gasteiger partial charge on any atom is 0.319 e. The van der Waals surface area contributed by atoms with E-state index in [0.717, 1.165) is 0 Å². The first-order valence-electron chi connectivity index (χ1n) is 6.64. The van der Waals surface area contributed by atoms with E-state index in [1.165, 1.54) is 6.33 Å². The number of aromatic nitrogens is 3. The number of benzene rings is 1. The number of amides is 4. The molecule has 2 rings (SSSR count). The van der Waals surface area contributed by atoms with Gasteiger partial charge >= 0.3 is 6.03 Å². The fourth-order valence-corrected chi connectivity index (χ4v) is 1.65. The normalized spacial score (nSPS) is 9.91. The van der Waals surface area contributed by atoms with Crippen LogP contribution in [0.25, 0.3) is 0 Å². The minimum atomic E-state index is -0.498. The molecule has 0 bridgehead atoms. The van der Waals surface area contributed by atoms with Crippen molar-refractivity contribution < 1.29 is 14.4 Å². The van der Waals surface area contributed by atoms with Crippen molar-refractivity contribution in [1.29, 1.82) is 0 Å². The van der Waals surface area contributed by atoms with Crippen molar-refractivity contribution in [3.63, 3.8) is 0 Å². The third-order valence-electron chi connectivity index (χ3n) is 2.67. The number of nitrogens with zero attached hydrogens (tertiary/aromatic N) is 2. The SMILES string of the molecule is NC(=O)CCNC(=O)Nc1cccc(NC(=O)c2ncn[nH]2)c1. The molecule has 0 saturated heterocycles. The van der Waals surface area contributed by atoms with Crippen molar-refractivity contribution >= 4 is 29.2 Å². The van der Waals surface area contributed by atoms with Gasteiger partial charge in [0.2, 0.25) is 11.7 Å². The Bertz CT molecular complexity index is 699. The summed E-state index contributed by atoms with van der Waals surface area (Å²) in [6.07, 6.45) is 1.28. The molecule has 120 valence electrons. The van der Waals surface area contributed by atoms with E-state index in [1.807, 2.05) is 0 Å². The van der Waals surface area contributed by atoms with Gasteiger partial charge in [-0.05, 0) is 18.2 Å². The van der Waals surface area contributed by atoms with Crippen molar-refractivity contribution in [3.8, 4) is 0 Å². The van der Waals surface area contributed by atoms with Crippen LogP contribution in [-0.2, 0) is 4.79 Å². The van der Waals surface area contributed by atoms with Crippen LogP contribution in [0, 0.1) is 0 Å². The summed E-state index contributed by atoms with van der Waals surface area (Å²) in [6.45, 7) is 0.142. The molecule has 6 N–H and O–H groups in total. The Kier molecular flexibility index (Phi) is 5.23. The highest BCUT2D eigenvalue weighted by molar-refractivity contribution is 6.02. The van der Waals surface area contributed by atoms with Crippen molar-refractivity contribution in [2.45, 2.75) is 6.42 Å². The van der Waals surface area contributed by atoms with E-state index in [0.29, 0.717) is 11.4 Å². The predicted octanol–water partition coefficient (Wildman–Crippen LogP) is 0.0539. The highest BCUT2D eigenvalue weighted by Gasteiger charge is 2.09. The van der Waals surface area contributed by atoms with Gasteiger partial charge in [-0.2, -0.15) is 5.10 Å². The molecule has 0 aliphatic carbocycles. The molecule has 0 radical (unpaired) electrons. The van der Waals surface area contributed by atoms with Crippen LogP contribution >= 0.6 is 0 Å². The molecule has 23 heavy (non-hydrogen) atoms. The zero-order valence-corrected chi connectivity index (χ0v) is 12.0. The number of nitrogens with one attached hydrogen (secondary N) is 4. The summed E-state index contributed by atoms with van der Waals surface area (Å²) in [5, 5.41) is 13.7. The van der Waals surface area contributed by atoms with Crippen LogP contribution in [0.5, 0.6) is 0 Å². The summed E-state index contributed by atoms with van der Waals surface area (Å²) in [5.41, 5.74) is 5.92. The summed E-state index contributed by atoms with van der Waals surface area (Å²) in [5.74, 6) is -0.874. The summed E-state index contributed by atoms with van der Waals surface area (Å²) in [6, 6.07) is 6.06. The van der Waals surface area contributed by atoms with Crippen LogP contribution in [0.15, 0.2) is 30.6 Å². The number of hydrogen-bond donors (Lipinski definition) is 5. The summed E-state index contributed by atoms with van der Waals surface area (Å²) >= 11 is 0. The first kappa shape index (κ1) is 15.9. The molecule has 1 aromatic carbocycles. The molecule has 0 aliphatic rings. The molecule has 4 amide bonds. The lowest BCUT2D eigenvalue weighted by Crippen LogP contribution is -2.31. The number of hydrogen-bond acceptors (Lipinski definition) is 5. The minimum absolute atomic E-state index is 0.0562. The van der Waals surface area contributed by atoms with Gasteiger partial charge in [-0.25, -0.2) is 9.78 Å². The predicted molar refractivity (Wildman–Crippen MR) is 81.6 cm³/mol. The Labute approximate surface area is 130 Å². The summed E-state index contributed by atoms with van der Waals surface area (Å²) in [4.78, 5) is 37.8. The maximum atomic E-state index is 11.8. The van der Waals surface area contributed by atoms with Crippen molar-refractivity contribution in [2.24, 2.45) is 5.73 Å². The third-order valence-corrected chi connectivity index (χ3v) is 2.67. The van der Waals surface area contributed by atoms with Crippen LogP contribution in [0.1, 0.15) is 17.0 Å². The Morgan fingerprint density at radius 1 is 1.17 bits per heavy atom. The molecule has 0 unspecified atom stereocenters. The molecule has 2 aromatic rings. The van der Waals surface area contributed by atoms with E-state index in [4.69, 9.17) is 5.73 Å². The molecule has 10 heteroatoms. The molecular formula is C13H15N7O3. The molecule has 0 spiro atoms. The second-order valence-corrected chi connectivity index (χ2v) is 4.47. The fourth-order valence-electron chi connectivity index (χ4n) is 1.65. The van der Waals surface area contributed by atoms with Gasteiger partial charge in [0.1, 0.15) is 6.33 Å². The topological polar surface area (TPSA) is 155 Å². The quantitative estimate of drug-likeness (QED) is 0.509. The maximum absolute atomic E-state index is 11.8. The van der Waals surface area contributed by atoms with Crippen LogP contribution in [0.4, 0.5) is 16.2 Å². The van der Waals surface area contributed by atoms with Gasteiger partial charge in [0.15, 0.2) is 0 Å². The van der Waals surface area contributed by atoms with Gasteiger partial charge in [-0.1, -0.05) is 6.07 Å². The van der Waals surface area contributed by atoms with E-state index >= 15 is 0 Å². The van der Waals surface area contributed by atoms with Gasteiger partial charge in [-0.3, -0.25) is 14.7 Å². The molecule has 0 saturated carbocycles. The zero-order valence-electron chi connectivity index (χ0n) is 12.0. The van der Waals surface area contributed by atoms with Crippen LogP contribution in [0.2, 0.25) is 0 Å². The number of aromatic amines is 1. The standard InChI is InChI=1S/C13H15N7O3/c14-10(21)4-5-15-13(23)19-9-3-1-2-8(6-9)18-12(22)11-16-7-17-20-11/h1-3,6-7H,4-5H2,(H2,14,21)(H,18,22)(H2,15,19,23)(H,16,17,20). The van der Waals surface area contributed by atoms with E-state index in [1.54, 1.807) is 24.3 Å². The second kappa shape index (κ2) is 7.54. The molecule has 10 nitrogen and oxygen atoms in total. The largest absolute Gasteiger partial charge is 0.370 e. The number of primary amides is 1. The summed E-state index contributed by atoms with van der Waals surface area (Å²) in [7, 11) is 0. The molecule has 0 aliphatic heterocycles. The Morgan fingerprint density at radius 3 is 2.57 bits per heavy atom. The van der Waals surface area contributed by atoms with Gasteiger partial charge in [0.05, 0.1) is 0 Å². The molecular weight excluding hydrogens is 302 g/mol.